The molecule has 0 fully saturated rings. The molecule has 0 unspecified atom stereocenters. The topological polar surface area (TPSA) is 58.6 Å². The third-order valence-electron chi connectivity index (χ3n) is 6.07. The molecule has 2 amide bonds. The van der Waals surface area contributed by atoms with E-state index in [2.05, 4.69) is 17.4 Å². The van der Waals surface area contributed by atoms with Gasteiger partial charge in [-0.2, -0.15) is 0 Å². The summed E-state index contributed by atoms with van der Waals surface area (Å²) in [5.41, 5.74) is 5.08. The average molecular weight is 461 g/mol. The van der Waals surface area contributed by atoms with Crippen molar-refractivity contribution in [2.75, 3.05) is 13.2 Å². The van der Waals surface area contributed by atoms with Crippen molar-refractivity contribution in [2.45, 2.75) is 39.3 Å². The van der Waals surface area contributed by atoms with Gasteiger partial charge in [0.1, 0.15) is 11.6 Å². The molecule has 0 aromatic heterocycles. The summed E-state index contributed by atoms with van der Waals surface area (Å²) in [4.78, 5) is 27.0. The van der Waals surface area contributed by atoms with Gasteiger partial charge in [-0.05, 0) is 59.9 Å². The van der Waals surface area contributed by atoms with Crippen LogP contribution in [-0.4, -0.2) is 29.9 Å². The van der Waals surface area contributed by atoms with Gasteiger partial charge in [0.25, 0.3) is 5.91 Å². The Morgan fingerprint density at radius 1 is 1.09 bits per heavy atom. The first-order chi connectivity index (χ1) is 16.4. The highest BCUT2D eigenvalue weighted by Crippen LogP contribution is 2.37. The molecule has 3 aromatic carbocycles. The number of aryl methyl sites for hydroxylation is 1. The van der Waals surface area contributed by atoms with Crippen molar-refractivity contribution in [3.8, 4) is 5.75 Å². The number of halogens is 1. The number of carbonyl (C=O) groups is 2. The van der Waals surface area contributed by atoms with Crippen LogP contribution < -0.4 is 10.1 Å². The Hall–Kier alpha value is -3.67. The number of benzene rings is 3. The highest BCUT2D eigenvalue weighted by Gasteiger charge is 2.31. The van der Waals surface area contributed by atoms with E-state index in [1.165, 1.54) is 17.7 Å². The molecule has 1 aliphatic rings. The molecule has 5 nitrogen and oxygen atoms in total. The van der Waals surface area contributed by atoms with Crippen molar-refractivity contribution in [3.63, 3.8) is 0 Å². The molecule has 4 rings (SSSR count). The van der Waals surface area contributed by atoms with Gasteiger partial charge >= 0.3 is 0 Å². The maximum Gasteiger partial charge on any atom is 0.258 e. The Bertz CT molecular complexity index is 1190. The van der Waals surface area contributed by atoms with Crippen molar-refractivity contribution in [2.24, 2.45) is 0 Å². The number of hydrogen-bond acceptors (Lipinski definition) is 3. The largest absolute Gasteiger partial charge is 0.484 e. The van der Waals surface area contributed by atoms with E-state index in [1.807, 2.05) is 49.1 Å². The lowest BCUT2D eigenvalue weighted by Gasteiger charge is -2.38. The van der Waals surface area contributed by atoms with Crippen LogP contribution in [0.5, 0.6) is 5.75 Å². The number of nitrogens with one attached hydrogen (secondary N) is 1. The van der Waals surface area contributed by atoms with E-state index >= 15 is 0 Å². The summed E-state index contributed by atoms with van der Waals surface area (Å²) in [6, 6.07) is 20.0. The van der Waals surface area contributed by atoms with E-state index in [0.717, 1.165) is 23.1 Å². The van der Waals surface area contributed by atoms with Crippen LogP contribution in [0.2, 0.25) is 0 Å². The lowest BCUT2D eigenvalue weighted by Crippen LogP contribution is -2.40. The summed E-state index contributed by atoms with van der Waals surface area (Å²) < 4.78 is 19.1. The summed E-state index contributed by atoms with van der Waals surface area (Å²) in [7, 11) is 0. The van der Waals surface area contributed by atoms with Gasteiger partial charge < -0.3 is 15.0 Å². The lowest BCUT2D eigenvalue weighted by atomic mass is 9.87. The third kappa shape index (κ3) is 5.45. The third-order valence-corrected chi connectivity index (χ3v) is 6.07. The predicted octanol–water partition coefficient (Wildman–Crippen LogP) is 4.71. The molecule has 34 heavy (non-hydrogen) atoms. The number of ether oxygens (including phenoxy) is 1. The van der Waals surface area contributed by atoms with Gasteiger partial charge in [-0.15, -0.1) is 0 Å². The molecule has 0 bridgehead atoms. The lowest BCUT2D eigenvalue weighted by molar-refractivity contribution is -0.133. The first-order valence-electron chi connectivity index (χ1n) is 11.6. The molecule has 0 saturated heterocycles. The van der Waals surface area contributed by atoms with E-state index in [9.17, 15) is 14.0 Å². The van der Waals surface area contributed by atoms with Gasteiger partial charge in [0.15, 0.2) is 6.61 Å². The summed E-state index contributed by atoms with van der Waals surface area (Å²) >= 11 is 0. The standard InChI is InChI=1S/C28H29FN2O3/c1-3-27(33)31-13-12-21-10-11-24(16-25(21)28(31)22-8-4-6-19(2)14-22)34-18-26(32)30-17-20-7-5-9-23(29)15-20/h4-11,14-16,28H,3,12-13,17-18H2,1-2H3,(H,30,32)/t28-/m0/s1. The minimum absolute atomic E-state index is 0.111. The van der Waals surface area contributed by atoms with Gasteiger partial charge in [0.05, 0.1) is 6.04 Å². The zero-order valence-electron chi connectivity index (χ0n) is 19.5. The molecule has 176 valence electrons. The quantitative estimate of drug-likeness (QED) is 0.555. The zero-order chi connectivity index (χ0) is 24.1. The molecular weight excluding hydrogens is 431 g/mol. The van der Waals surface area contributed by atoms with Crippen LogP contribution in [0.1, 0.15) is 47.2 Å². The SMILES string of the molecule is CCC(=O)N1CCc2ccc(OCC(=O)NCc3cccc(F)c3)cc2[C@@H]1c1cccc(C)c1. The average Bonchev–Trinajstić information content (AvgIpc) is 2.85. The zero-order valence-corrected chi connectivity index (χ0v) is 19.5. The van der Waals surface area contributed by atoms with Crippen molar-refractivity contribution in [1.82, 2.24) is 10.2 Å². The number of nitrogens with zero attached hydrogens (tertiary/aromatic N) is 1. The molecule has 0 radical (unpaired) electrons. The van der Waals surface area contributed by atoms with E-state index in [4.69, 9.17) is 4.74 Å². The smallest absolute Gasteiger partial charge is 0.258 e. The van der Waals surface area contributed by atoms with Crippen LogP contribution in [0.25, 0.3) is 0 Å². The van der Waals surface area contributed by atoms with Gasteiger partial charge in [0, 0.05) is 19.5 Å². The Morgan fingerprint density at radius 2 is 1.91 bits per heavy atom. The maximum atomic E-state index is 13.3. The molecule has 1 N–H and O–H groups in total. The Labute approximate surface area is 199 Å². The second-order valence-electron chi connectivity index (χ2n) is 8.56. The van der Waals surface area contributed by atoms with Gasteiger partial charge in [-0.25, -0.2) is 4.39 Å². The minimum atomic E-state index is -0.337. The van der Waals surface area contributed by atoms with Crippen LogP contribution >= 0.6 is 0 Å². The van der Waals surface area contributed by atoms with Crippen molar-refractivity contribution < 1.29 is 18.7 Å². The van der Waals surface area contributed by atoms with E-state index in [0.29, 0.717) is 24.3 Å². The van der Waals surface area contributed by atoms with Crippen molar-refractivity contribution in [1.29, 1.82) is 0 Å². The highest BCUT2D eigenvalue weighted by molar-refractivity contribution is 5.78. The van der Waals surface area contributed by atoms with Gasteiger partial charge in [-0.1, -0.05) is 55.0 Å². The number of amides is 2. The molecule has 0 saturated carbocycles. The van der Waals surface area contributed by atoms with Crippen LogP contribution in [0.3, 0.4) is 0 Å². The van der Waals surface area contributed by atoms with Crippen molar-refractivity contribution in [3.05, 3.63) is 100 Å². The van der Waals surface area contributed by atoms with Gasteiger partial charge in [0.2, 0.25) is 5.91 Å². The van der Waals surface area contributed by atoms with Crippen LogP contribution in [0.15, 0.2) is 66.7 Å². The van der Waals surface area contributed by atoms with E-state index in [-0.39, 0.29) is 36.8 Å². The fourth-order valence-corrected chi connectivity index (χ4v) is 4.40. The molecule has 1 atom stereocenters. The summed E-state index contributed by atoms with van der Waals surface area (Å²) in [5, 5.41) is 2.75. The first kappa shape index (κ1) is 23.5. The predicted molar refractivity (Wildman–Crippen MR) is 129 cm³/mol. The summed E-state index contributed by atoms with van der Waals surface area (Å²) in [5.74, 6) is 0.0548. The molecule has 0 spiro atoms. The normalized spacial score (nSPS) is 14.9. The summed E-state index contributed by atoms with van der Waals surface area (Å²) in [6.45, 7) is 4.67. The van der Waals surface area contributed by atoms with Crippen LogP contribution in [0.4, 0.5) is 4.39 Å². The van der Waals surface area contributed by atoms with Crippen molar-refractivity contribution >= 4 is 11.8 Å². The first-order valence-corrected chi connectivity index (χ1v) is 11.6. The number of carbonyl (C=O) groups excluding carboxylic acids is 2. The fourth-order valence-electron chi connectivity index (χ4n) is 4.40. The Balaban J connectivity index is 1.50. The molecule has 1 heterocycles. The monoisotopic (exact) mass is 460 g/mol. The molecule has 1 aliphatic heterocycles. The number of rotatable bonds is 7. The minimum Gasteiger partial charge on any atom is -0.484 e. The van der Waals surface area contributed by atoms with Crippen LogP contribution in [0, 0.1) is 12.7 Å². The Kier molecular flexibility index (Phi) is 7.26. The molecule has 0 aliphatic carbocycles. The Morgan fingerprint density at radius 3 is 2.68 bits per heavy atom. The van der Waals surface area contributed by atoms with E-state index in [1.54, 1.807) is 12.1 Å². The number of fused-ring (bicyclic) bond motifs is 1. The van der Waals surface area contributed by atoms with Gasteiger partial charge in [-0.3, -0.25) is 9.59 Å². The second kappa shape index (κ2) is 10.5. The fraction of sp³-hybridized carbons (Fsp3) is 0.286. The maximum absolute atomic E-state index is 13.3. The van der Waals surface area contributed by atoms with Crippen LogP contribution in [-0.2, 0) is 22.6 Å². The molecule has 3 aromatic rings. The summed E-state index contributed by atoms with van der Waals surface area (Å²) in [6.07, 6.45) is 1.22. The molecule has 6 heteroatoms. The van der Waals surface area contributed by atoms with E-state index < -0.39 is 0 Å². The number of hydrogen-bond donors (Lipinski definition) is 1. The molecular formula is C28H29FN2O3. The highest BCUT2D eigenvalue weighted by atomic mass is 19.1. The second-order valence-corrected chi connectivity index (χ2v) is 8.56.